The molecule has 0 aromatic carbocycles. The minimum Gasteiger partial charge on any atom is -0.364 e. The molecule has 1 N–H and O–H groups in total. The maximum absolute atomic E-state index is 12.6. The predicted molar refractivity (Wildman–Crippen MR) is 128 cm³/mol. The third-order valence-electron chi connectivity index (χ3n) is 5.54. The summed E-state index contributed by atoms with van der Waals surface area (Å²) in [6.07, 6.45) is 3.08. The van der Waals surface area contributed by atoms with E-state index in [-0.39, 0.29) is 29.9 Å². The number of fused-ring (bicyclic) bond motifs is 1. The van der Waals surface area contributed by atoms with Crippen LogP contribution in [0.2, 0.25) is 0 Å². The Labute approximate surface area is 198 Å². The zero-order chi connectivity index (χ0) is 20.1. The van der Waals surface area contributed by atoms with Crippen LogP contribution in [0, 0.1) is 0 Å². The van der Waals surface area contributed by atoms with E-state index >= 15 is 0 Å². The molecule has 8 nitrogen and oxygen atoms in total. The van der Waals surface area contributed by atoms with Crippen molar-refractivity contribution in [1.82, 2.24) is 25.2 Å². The van der Waals surface area contributed by atoms with Crippen molar-refractivity contribution in [3.8, 4) is 0 Å². The third kappa shape index (κ3) is 5.73. The minimum atomic E-state index is 0. The molecule has 0 saturated carbocycles. The first-order valence-electron chi connectivity index (χ1n) is 10.1. The fraction of sp³-hybridized carbons (Fsp3) is 0.550. The molecule has 2 aliphatic heterocycles. The van der Waals surface area contributed by atoms with E-state index in [1.807, 2.05) is 11.0 Å². The van der Waals surface area contributed by atoms with Crippen molar-refractivity contribution in [1.29, 1.82) is 0 Å². The van der Waals surface area contributed by atoms with Gasteiger partial charge in [0, 0.05) is 76.8 Å². The van der Waals surface area contributed by atoms with E-state index < -0.39 is 0 Å². The van der Waals surface area contributed by atoms with Crippen LogP contribution in [0.4, 0.5) is 0 Å². The smallest absolute Gasteiger partial charge is 0.224 e. The lowest BCUT2D eigenvalue weighted by Gasteiger charge is -2.36. The highest BCUT2D eigenvalue weighted by Crippen LogP contribution is 2.24. The fourth-order valence-electron chi connectivity index (χ4n) is 3.90. The van der Waals surface area contributed by atoms with Gasteiger partial charge in [0.25, 0.3) is 0 Å². The van der Waals surface area contributed by atoms with Crippen LogP contribution in [0.1, 0.15) is 22.6 Å². The number of piperazine rings is 1. The number of hydrogen-bond donors (Lipinski definition) is 1. The van der Waals surface area contributed by atoms with Crippen molar-refractivity contribution in [3.05, 3.63) is 39.9 Å². The van der Waals surface area contributed by atoms with E-state index in [1.165, 1.54) is 10.4 Å². The zero-order valence-corrected chi connectivity index (χ0v) is 20.4. The summed E-state index contributed by atoms with van der Waals surface area (Å²) >= 11 is 1.80. The number of nitrogens with one attached hydrogen (secondary N) is 1. The van der Waals surface area contributed by atoms with E-state index in [2.05, 4.69) is 36.7 Å². The van der Waals surface area contributed by atoms with Crippen molar-refractivity contribution in [2.75, 3.05) is 46.3 Å². The Kier molecular flexibility index (Phi) is 8.51. The SMILES string of the molecule is CN=C(NCCC(=O)N1CCc2sccc2C1)N1CCN(Cc2ccon2)CC1.I. The molecule has 1 amide bonds. The Hall–Kier alpha value is -1.66. The van der Waals surface area contributed by atoms with Crippen molar-refractivity contribution in [3.63, 3.8) is 0 Å². The summed E-state index contributed by atoms with van der Waals surface area (Å²) in [5.41, 5.74) is 2.27. The predicted octanol–water partition coefficient (Wildman–Crippen LogP) is 2.02. The van der Waals surface area contributed by atoms with E-state index in [0.29, 0.717) is 13.0 Å². The molecule has 30 heavy (non-hydrogen) atoms. The van der Waals surface area contributed by atoms with Crippen molar-refractivity contribution >= 4 is 47.2 Å². The van der Waals surface area contributed by atoms with Crippen LogP contribution in [0.3, 0.4) is 0 Å². The molecule has 0 bridgehead atoms. The maximum Gasteiger partial charge on any atom is 0.224 e. The van der Waals surface area contributed by atoms with Crippen LogP contribution in [0.15, 0.2) is 33.3 Å². The number of hydrogen-bond acceptors (Lipinski definition) is 6. The van der Waals surface area contributed by atoms with E-state index in [1.54, 1.807) is 24.6 Å². The quantitative estimate of drug-likeness (QED) is 0.353. The van der Waals surface area contributed by atoms with Gasteiger partial charge in [0.1, 0.15) is 6.26 Å². The van der Waals surface area contributed by atoms with Gasteiger partial charge in [-0.3, -0.25) is 14.7 Å². The molecule has 0 aliphatic carbocycles. The molecule has 0 atom stereocenters. The molecule has 0 spiro atoms. The Morgan fingerprint density at radius 2 is 2.07 bits per heavy atom. The lowest BCUT2D eigenvalue weighted by Crippen LogP contribution is -2.52. The van der Waals surface area contributed by atoms with Gasteiger partial charge in [-0.1, -0.05) is 5.16 Å². The molecule has 4 rings (SSSR count). The number of amides is 1. The number of aliphatic imine (C=N–C) groups is 1. The van der Waals surface area contributed by atoms with Gasteiger partial charge in [-0.15, -0.1) is 35.3 Å². The second kappa shape index (κ2) is 11.1. The molecule has 164 valence electrons. The number of carbonyl (C=O) groups is 1. The summed E-state index contributed by atoms with van der Waals surface area (Å²) in [7, 11) is 1.80. The largest absolute Gasteiger partial charge is 0.364 e. The summed E-state index contributed by atoms with van der Waals surface area (Å²) < 4.78 is 4.91. The second-order valence-corrected chi connectivity index (χ2v) is 8.41. The molecule has 1 fully saturated rings. The van der Waals surface area contributed by atoms with Gasteiger partial charge in [-0.25, -0.2) is 0 Å². The summed E-state index contributed by atoms with van der Waals surface area (Å²) in [6.45, 7) is 6.70. The molecule has 0 radical (unpaired) electrons. The molecule has 1 saturated heterocycles. The average molecular weight is 544 g/mol. The number of thiophene rings is 1. The number of aromatic nitrogens is 1. The van der Waals surface area contributed by atoms with Crippen LogP contribution in [-0.4, -0.2) is 78.0 Å². The van der Waals surface area contributed by atoms with Crippen molar-refractivity contribution in [2.45, 2.75) is 25.9 Å². The first-order valence-corrected chi connectivity index (χ1v) is 11.0. The van der Waals surface area contributed by atoms with E-state index in [9.17, 15) is 4.79 Å². The number of carbonyl (C=O) groups excluding carboxylic acids is 1. The lowest BCUT2D eigenvalue weighted by atomic mass is 10.1. The second-order valence-electron chi connectivity index (χ2n) is 7.41. The molecular formula is C20H29IN6O2S. The Balaban J connectivity index is 0.00000256. The lowest BCUT2D eigenvalue weighted by molar-refractivity contribution is -0.131. The van der Waals surface area contributed by atoms with Gasteiger partial charge in [-0.2, -0.15) is 0 Å². The van der Waals surface area contributed by atoms with Crippen molar-refractivity contribution < 1.29 is 9.32 Å². The summed E-state index contributed by atoms with van der Waals surface area (Å²) in [6, 6.07) is 4.05. The fourth-order valence-corrected chi connectivity index (χ4v) is 4.79. The molecule has 0 unspecified atom stereocenters. The normalized spacial score (nSPS) is 17.4. The summed E-state index contributed by atoms with van der Waals surface area (Å²) in [4.78, 5) is 25.0. The molecule has 2 aromatic rings. The van der Waals surface area contributed by atoms with E-state index in [0.717, 1.165) is 63.9 Å². The van der Waals surface area contributed by atoms with Gasteiger partial charge in [0.05, 0.1) is 5.69 Å². The topological polar surface area (TPSA) is 77.2 Å². The van der Waals surface area contributed by atoms with Crippen LogP contribution in [-0.2, 0) is 24.3 Å². The van der Waals surface area contributed by atoms with Crippen molar-refractivity contribution in [2.24, 2.45) is 4.99 Å². The van der Waals surface area contributed by atoms with Gasteiger partial charge >= 0.3 is 0 Å². The Morgan fingerprint density at radius 3 is 2.80 bits per heavy atom. The zero-order valence-electron chi connectivity index (χ0n) is 17.2. The number of rotatable bonds is 5. The molecule has 10 heteroatoms. The van der Waals surface area contributed by atoms with Crippen LogP contribution >= 0.6 is 35.3 Å². The average Bonchev–Trinajstić information content (AvgIpc) is 3.43. The Morgan fingerprint density at radius 1 is 1.23 bits per heavy atom. The standard InChI is InChI=1S/C20H28N6O2S.HI/c1-21-20(25-10-8-24(9-11-25)15-17-4-12-28-23-17)22-6-2-19(27)26-7-3-18-16(14-26)5-13-29-18;/h4-5,12-13H,2-3,6-11,14-15H2,1H3,(H,21,22);1H. The first kappa shape index (κ1) is 23.0. The molecule has 4 heterocycles. The summed E-state index contributed by atoms with van der Waals surface area (Å²) in [5.74, 6) is 1.08. The number of nitrogens with zero attached hydrogens (tertiary/aromatic N) is 5. The number of guanidine groups is 1. The highest BCUT2D eigenvalue weighted by Gasteiger charge is 2.22. The molecule has 2 aliphatic rings. The van der Waals surface area contributed by atoms with E-state index in [4.69, 9.17) is 4.52 Å². The minimum absolute atomic E-state index is 0. The molecular weight excluding hydrogens is 515 g/mol. The third-order valence-corrected chi connectivity index (χ3v) is 6.57. The molecule has 2 aromatic heterocycles. The van der Waals surface area contributed by atoms with Crippen LogP contribution in [0.5, 0.6) is 0 Å². The maximum atomic E-state index is 12.6. The van der Waals surface area contributed by atoms with Gasteiger partial charge < -0.3 is 19.6 Å². The highest BCUT2D eigenvalue weighted by molar-refractivity contribution is 14.0. The van der Waals surface area contributed by atoms with Crippen LogP contribution in [0.25, 0.3) is 0 Å². The van der Waals surface area contributed by atoms with Crippen LogP contribution < -0.4 is 5.32 Å². The highest BCUT2D eigenvalue weighted by atomic mass is 127. The summed E-state index contributed by atoms with van der Waals surface area (Å²) in [5, 5.41) is 9.47. The first-order chi connectivity index (χ1) is 14.2. The number of halogens is 1. The van der Waals surface area contributed by atoms with Gasteiger partial charge in [0.15, 0.2) is 5.96 Å². The monoisotopic (exact) mass is 544 g/mol. The van der Waals surface area contributed by atoms with Gasteiger partial charge in [0.2, 0.25) is 5.91 Å². The Bertz CT molecular complexity index is 832. The van der Waals surface area contributed by atoms with Gasteiger partial charge in [-0.05, 0) is 23.4 Å².